The number of hydrogen-bond donors (Lipinski definition) is 0. The fourth-order valence-corrected chi connectivity index (χ4v) is 3.27. The molecule has 0 bridgehead atoms. The lowest BCUT2D eigenvalue weighted by Gasteiger charge is -1.85. The highest BCUT2D eigenvalue weighted by Gasteiger charge is 2.03. The van der Waals surface area contributed by atoms with E-state index in [4.69, 9.17) is 0 Å². The van der Waals surface area contributed by atoms with E-state index in [2.05, 4.69) is 41.8 Å². The molecule has 0 spiro atoms. The fraction of sp³-hybridized carbons (Fsp3) is 0. The molecule has 0 N–H and O–H groups in total. The van der Waals surface area contributed by atoms with Gasteiger partial charge in [0.25, 0.3) is 0 Å². The third-order valence-corrected chi connectivity index (χ3v) is 4.25. The molecule has 14 heavy (non-hydrogen) atoms. The van der Waals surface area contributed by atoms with E-state index in [0.717, 1.165) is 0 Å². The van der Waals surface area contributed by atoms with Crippen molar-refractivity contribution in [2.75, 3.05) is 0 Å². The molecule has 0 saturated heterocycles. The summed E-state index contributed by atoms with van der Waals surface area (Å²) >= 11 is 3.52. The molecule has 0 fully saturated rings. The van der Waals surface area contributed by atoms with Crippen LogP contribution >= 0.6 is 22.7 Å². The zero-order chi connectivity index (χ0) is 9.38. The maximum atomic E-state index is 3.12. The van der Waals surface area contributed by atoms with E-state index in [0.29, 0.717) is 0 Å². The van der Waals surface area contributed by atoms with Gasteiger partial charge < -0.3 is 0 Å². The predicted molar refractivity (Wildman–Crippen MR) is 64.0 cm³/mol. The van der Waals surface area contributed by atoms with E-state index in [9.17, 15) is 0 Å². The first-order chi connectivity index (χ1) is 6.93. The van der Waals surface area contributed by atoms with Crippen LogP contribution in [0.2, 0.25) is 0 Å². The molecule has 0 saturated carbocycles. The second kappa shape index (κ2) is 3.23. The lowest BCUT2D eigenvalue weighted by atomic mass is 10.2. The standard InChI is InChI=1S/C12H7S2/c1-2-5-10-9(4-1)8-12(14-10)11-6-3-7-13-11/h1-6,8H. The molecule has 1 radical (unpaired) electrons. The van der Waals surface area contributed by atoms with Gasteiger partial charge in [-0.15, -0.1) is 22.7 Å². The van der Waals surface area contributed by atoms with Crippen LogP contribution in [0.3, 0.4) is 0 Å². The number of thiophene rings is 2. The smallest absolute Gasteiger partial charge is 0.0455 e. The Morgan fingerprint density at radius 2 is 1.93 bits per heavy atom. The minimum atomic E-state index is 1.31. The van der Waals surface area contributed by atoms with Gasteiger partial charge in [0.15, 0.2) is 0 Å². The molecule has 0 nitrogen and oxygen atoms in total. The van der Waals surface area contributed by atoms with Crippen LogP contribution in [-0.2, 0) is 0 Å². The van der Waals surface area contributed by atoms with Gasteiger partial charge in [0.05, 0.1) is 0 Å². The van der Waals surface area contributed by atoms with E-state index in [1.807, 2.05) is 17.4 Å². The monoisotopic (exact) mass is 215 g/mol. The highest BCUT2D eigenvalue weighted by Crippen LogP contribution is 2.35. The van der Waals surface area contributed by atoms with Crippen molar-refractivity contribution in [1.29, 1.82) is 0 Å². The Hall–Kier alpha value is -1.12. The van der Waals surface area contributed by atoms with Gasteiger partial charge in [-0.05, 0) is 29.7 Å². The Morgan fingerprint density at radius 1 is 1.00 bits per heavy atom. The Balaban J connectivity index is 2.24. The van der Waals surface area contributed by atoms with Gasteiger partial charge in [-0.25, -0.2) is 0 Å². The Bertz CT molecular complexity index is 513. The van der Waals surface area contributed by atoms with Crippen molar-refractivity contribution in [2.24, 2.45) is 0 Å². The molecular weight excluding hydrogens is 208 g/mol. The quantitative estimate of drug-likeness (QED) is 0.563. The number of rotatable bonds is 1. The van der Waals surface area contributed by atoms with Gasteiger partial charge in [0.1, 0.15) is 0 Å². The summed E-state index contributed by atoms with van der Waals surface area (Å²) < 4.78 is 1.36. The Labute approximate surface area is 90.5 Å². The van der Waals surface area contributed by atoms with Crippen LogP contribution in [0, 0.1) is 5.38 Å². The van der Waals surface area contributed by atoms with Gasteiger partial charge in [-0.1, -0.05) is 18.2 Å². The molecule has 67 valence electrons. The Morgan fingerprint density at radius 3 is 2.71 bits per heavy atom. The van der Waals surface area contributed by atoms with Crippen LogP contribution in [0.5, 0.6) is 0 Å². The normalized spacial score (nSPS) is 10.9. The zero-order valence-electron chi connectivity index (χ0n) is 7.36. The third-order valence-electron chi connectivity index (χ3n) is 2.14. The molecule has 0 amide bonds. The van der Waals surface area contributed by atoms with Gasteiger partial charge >= 0.3 is 0 Å². The first kappa shape index (κ1) is 8.21. The molecule has 0 aliphatic heterocycles. The Kier molecular flexibility index (Phi) is 1.89. The summed E-state index contributed by atoms with van der Waals surface area (Å²) in [5.74, 6) is 0. The molecule has 1 aromatic carbocycles. The molecule has 3 aromatic rings. The van der Waals surface area contributed by atoms with Crippen molar-refractivity contribution in [3.05, 3.63) is 47.8 Å². The average Bonchev–Trinajstić information content (AvgIpc) is 2.86. The van der Waals surface area contributed by atoms with Crippen LogP contribution < -0.4 is 0 Å². The van der Waals surface area contributed by atoms with Gasteiger partial charge in [0, 0.05) is 19.8 Å². The fourth-order valence-electron chi connectivity index (χ4n) is 1.48. The minimum Gasteiger partial charge on any atom is -0.134 e. The summed E-state index contributed by atoms with van der Waals surface area (Å²) in [6.07, 6.45) is 0. The molecule has 0 unspecified atom stereocenters. The molecule has 3 rings (SSSR count). The second-order valence-electron chi connectivity index (χ2n) is 3.07. The molecule has 2 heteroatoms. The van der Waals surface area contributed by atoms with Gasteiger partial charge in [-0.2, -0.15) is 0 Å². The van der Waals surface area contributed by atoms with Crippen molar-refractivity contribution in [2.45, 2.75) is 0 Å². The van der Waals surface area contributed by atoms with Crippen LogP contribution in [0.25, 0.3) is 19.8 Å². The number of hydrogen-bond acceptors (Lipinski definition) is 2. The largest absolute Gasteiger partial charge is 0.134 e. The van der Waals surface area contributed by atoms with Crippen molar-refractivity contribution < 1.29 is 0 Å². The van der Waals surface area contributed by atoms with E-state index in [1.165, 1.54) is 19.8 Å². The van der Waals surface area contributed by atoms with E-state index in [1.54, 1.807) is 11.3 Å². The van der Waals surface area contributed by atoms with E-state index in [-0.39, 0.29) is 0 Å². The van der Waals surface area contributed by atoms with Gasteiger partial charge in [-0.3, -0.25) is 0 Å². The van der Waals surface area contributed by atoms with Crippen LogP contribution in [0.1, 0.15) is 0 Å². The topological polar surface area (TPSA) is 0 Å². The van der Waals surface area contributed by atoms with Crippen LogP contribution in [-0.4, -0.2) is 0 Å². The molecule has 0 atom stereocenters. The highest BCUT2D eigenvalue weighted by molar-refractivity contribution is 7.25. The van der Waals surface area contributed by atoms with Crippen molar-refractivity contribution in [3.8, 4) is 9.75 Å². The summed E-state index contributed by atoms with van der Waals surface area (Å²) in [6.45, 7) is 0. The molecule has 2 heterocycles. The average molecular weight is 215 g/mol. The summed E-state index contributed by atoms with van der Waals surface area (Å²) in [4.78, 5) is 2.66. The van der Waals surface area contributed by atoms with Crippen LogP contribution in [0.4, 0.5) is 0 Å². The van der Waals surface area contributed by atoms with E-state index >= 15 is 0 Å². The molecule has 0 aliphatic carbocycles. The minimum absolute atomic E-state index is 1.31. The van der Waals surface area contributed by atoms with Crippen molar-refractivity contribution >= 4 is 32.8 Å². The summed E-state index contributed by atoms with van der Waals surface area (Å²) in [5, 5.41) is 4.46. The summed E-state index contributed by atoms with van der Waals surface area (Å²) in [7, 11) is 0. The highest BCUT2D eigenvalue weighted by atomic mass is 32.1. The molecule has 0 aliphatic rings. The van der Waals surface area contributed by atoms with Crippen LogP contribution in [0.15, 0.2) is 42.5 Å². The SMILES string of the molecule is [c]1ccc(-c2cc3ccccc3s2)s1. The third kappa shape index (κ3) is 1.27. The number of benzene rings is 1. The first-order valence-corrected chi connectivity index (χ1v) is 6.01. The predicted octanol–water partition coefficient (Wildman–Crippen LogP) is 4.43. The lowest BCUT2D eigenvalue weighted by Crippen LogP contribution is -1.58. The zero-order valence-corrected chi connectivity index (χ0v) is 8.99. The molecule has 2 aromatic heterocycles. The maximum absolute atomic E-state index is 3.12. The van der Waals surface area contributed by atoms with Crippen molar-refractivity contribution in [3.63, 3.8) is 0 Å². The van der Waals surface area contributed by atoms with E-state index < -0.39 is 0 Å². The first-order valence-electron chi connectivity index (χ1n) is 4.38. The van der Waals surface area contributed by atoms with Crippen molar-refractivity contribution in [1.82, 2.24) is 0 Å². The summed E-state index contributed by atoms with van der Waals surface area (Å²) in [6, 6.07) is 14.8. The summed E-state index contributed by atoms with van der Waals surface area (Å²) in [5.41, 5.74) is 0. The number of fused-ring (bicyclic) bond motifs is 1. The maximum Gasteiger partial charge on any atom is 0.0455 e. The second-order valence-corrected chi connectivity index (χ2v) is 5.03. The molecular formula is C12H7S2. The lowest BCUT2D eigenvalue weighted by molar-refractivity contribution is 1.85. The van der Waals surface area contributed by atoms with Gasteiger partial charge in [0.2, 0.25) is 0 Å².